The van der Waals surface area contributed by atoms with Crippen LogP contribution in [0.1, 0.15) is 62.9 Å². The van der Waals surface area contributed by atoms with E-state index >= 15 is 0 Å². The van der Waals surface area contributed by atoms with Crippen molar-refractivity contribution in [2.45, 2.75) is 57.7 Å². The molecule has 0 saturated heterocycles. The molecule has 1 aromatic carbocycles. The Balaban J connectivity index is 2.08. The lowest BCUT2D eigenvalue weighted by molar-refractivity contribution is -0.138. The molecule has 0 aliphatic rings. The molecule has 3 N–H and O–H groups in total. The van der Waals surface area contributed by atoms with Crippen LogP contribution in [0.2, 0.25) is 0 Å². The summed E-state index contributed by atoms with van der Waals surface area (Å²) < 4.78 is 50.6. The number of halogens is 3. The molecule has 1 heterocycles. The molecule has 6 nitrogen and oxygen atoms in total. The van der Waals surface area contributed by atoms with Gasteiger partial charge in [0.15, 0.2) is 0 Å². The summed E-state index contributed by atoms with van der Waals surface area (Å²) in [5.74, 6) is -0.304. The lowest BCUT2D eigenvalue weighted by atomic mass is 10.1. The zero-order valence-corrected chi connectivity index (χ0v) is 15.8. The first-order valence-electron chi connectivity index (χ1n) is 9.41. The maximum Gasteiger partial charge on any atom is 0.419 e. The fourth-order valence-corrected chi connectivity index (χ4v) is 2.66. The first kappa shape index (κ1) is 22.2. The number of nitrogens with two attached hydrogens (primary N) is 1. The van der Waals surface area contributed by atoms with E-state index in [1.807, 2.05) is 0 Å². The summed E-state index contributed by atoms with van der Waals surface area (Å²) in [4.78, 5) is 3.94. The van der Waals surface area contributed by atoms with Gasteiger partial charge < -0.3 is 20.1 Å². The third kappa shape index (κ3) is 6.20. The smallest absolute Gasteiger partial charge is 0.419 e. The van der Waals surface area contributed by atoms with E-state index in [0.29, 0.717) is 6.42 Å². The maximum atomic E-state index is 13.4. The van der Waals surface area contributed by atoms with E-state index in [0.717, 1.165) is 31.7 Å². The number of rotatable bonds is 11. The molecule has 156 valence electrons. The van der Waals surface area contributed by atoms with E-state index in [2.05, 4.69) is 17.1 Å². The molecule has 1 unspecified atom stereocenters. The van der Waals surface area contributed by atoms with Crippen LogP contribution in [0.5, 0.6) is 5.75 Å². The summed E-state index contributed by atoms with van der Waals surface area (Å²) in [6.45, 7) is 1.94. The van der Waals surface area contributed by atoms with Crippen molar-refractivity contribution in [2.24, 2.45) is 5.73 Å². The van der Waals surface area contributed by atoms with Crippen molar-refractivity contribution in [1.82, 2.24) is 10.1 Å². The fraction of sp³-hybridized carbons (Fsp3) is 0.579. The van der Waals surface area contributed by atoms with Crippen molar-refractivity contribution < 1.29 is 27.5 Å². The minimum atomic E-state index is -4.58. The van der Waals surface area contributed by atoms with Crippen LogP contribution >= 0.6 is 0 Å². The van der Waals surface area contributed by atoms with Crippen LogP contribution in [0.4, 0.5) is 13.2 Å². The molecule has 28 heavy (non-hydrogen) atoms. The summed E-state index contributed by atoms with van der Waals surface area (Å²) in [6, 6.07) is 2.74. The summed E-state index contributed by atoms with van der Waals surface area (Å²) >= 11 is 0. The standard InChI is InChI=1S/C19H26F3N3O3/c1-2-3-4-5-6-7-10-27-16-9-8-13(11-14(16)19(20,21)22)17-24-18(28-25-17)15(23)12-26/h8-9,11,15,26H,2-7,10,12,23H2,1H3. The van der Waals surface area contributed by atoms with Gasteiger partial charge >= 0.3 is 6.18 Å². The Hall–Kier alpha value is -2.13. The van der Waals surface area contributed by atoms with Crippen LogP contribution in [0, 0.1) is 0 Å². The van der Waals surface area contributed by atoms with Gasteiger partial charge in [0.2, 0.25) is 11.7 Å². The molecule has 0 radical (unpaired) electrons. The second kappa shape index (κ2) is 10.4. The number of unbranched alkanes of at least 4 members (excludes halogenated alkanes) is 5. The number of aliphatic hydroxyl groups excluding tert-OH is 1. The molecule has 0 spiro atoms. The molecular weight excluding hydrogens is 375 g/mol. The van der Waals surface area contributed by atoms with Gasteiger partial charge in [0.05, 0.1) is 18.8 Å². The van der Waals surface area contributed by atoms with Gasteiger partial charge in [-0.25, -0.2) is 0 Å². The molecule has 0 aliphatic heterocycles. The Morgan fingerprint density at radius 2 is 1.89 bits per heavy atom. The highest BCUT2D eigenvalue weighted by Gasteiger charge is 2.35. The van der Waals surface area contributed by atoms with Crippen molar-refractivity contribution in [3.63, 3.8) is 0 Å². The van der Waals surface area contributed by atoms with Gasteiger partial charge in [-0.05, 0) is 24.6 Å². The van der Waals surface area contributed by atoms with E-state index in [9.17, 15) is 13.2 Å². The SMILES string of the molecule is CCCCCCCCOc1ccc(-c2noc(C(N)CO)n2)cc1C(F)(F)F. The van der Waals surface area contributed by atoms with Crippen molar-refractivity contribution in [3.05, 3.63) is 29.7 Å². The minimum Gasteiger partial charge on any atom is -0.493 e. The Bertz CT molecular complexity index is 735. The minimum absolute atomic E-state index is 0.0353. The van der Waals surface area contributed by atoms with Crippen LogP contribution in [-0.2, 0) is 6.18 Å². The van der Waals surface area contributed by atoms with E-state index in [-0.39, 0.29) is 29.6 Å². The molecule has 0 fully saturated rings. The second-order valence-corrected chi connectivity index (χ2v) is 6.57. The molecule has 0 saturated carbocycles. The number of alkyl halides is 3. The zero-order valence-electron chi connectivity index (χ0n) is 15.8. The first-order valence-corrected chi connectivity index (χ1v) is 9.41. The Morgan fingerprint density at radius 3 is 2.57 bits per heavy atom. The van der Waals surface area contributed by atoms with E-state index in [4.69, 9.17) is 20.1 Å². The van der Waals surface area contributed by atoms with Crippen LogP contribution in [0.25, 0.3) is 11.4 Å². The maximum absolute atomic E-state index is 13.4. The molecule has 0 amide bonds. The molecule has 1 aromatic heterocycles. The highest BCUT2D eigenvalue weighted by Crippen LogP contribution is 2.38. The molecule has 0 bridgehead atoms. The third-order valence-electron chi connectivity index (χ3n) is 4.25. The van der Waals surface area contributed by atoms with E-state index in [1.165, 1.54) is 18.6 Å². The van der Waals surface area contributed by atoms with Gasteiger partial charge in [0, 0.05) is 5.56 Å². The van der Waals surface area contributed by atoms with Gasteiger partial charge in [-0.3, -0.25) is 0 Å². The first-order chi connectivity index (χ1) is 13.4. The zero-order chi connectivity index (χ0) is 20.6. The quantitative estimate of drug-likeness (QED) is 0.539. The molecular formula is C19H26F3N3O3. The topological polar surface area (TPSA) is 94.4 Å². The molecule has 0 aliphatic carbocycles. The van der Waals surface area contributed by atoms with Crippen molar-refractivity contribution in [3.8, 4) is 17.1 Å². The summed E-state index contributed by atoms with van der Waals surface area (Å²) in [5.41, 5.74) is 4.80. The predicted octanol–water partition coefficient (Wildman–Crippen LogP) is 4.49. The Kier molecular flexibility index (Phi) is 8.25. The van der Waals surface area contributed by atoms with Crippen LogP contribution in [-0.4, -0.2) is 28.5 Å². The van der Waals surface area contributed by atoms with Crippen LogP contribution in [0.15, 0.2) is 22.7 Å². The van der Waals surface area contributed by atoms with Gasteiger partial charge in [0.1, 0.15) is 11.8 Å². The largest absolute Gasteiger partial charge is 0.493 e. The Morgan fingerprint density at radius 1 is 1.18 bits per heavy atom. The summed E-state index contributed by atoms with van der Waals surface area (Å²) in [7, 11) is 0. The highest BCUT2D eigenvalue weighted by molar-refractivity contribution is 5.59. The number of nitrogens with zero attached hydrogens (tertiary/aromatic N) is 2. The summed E-state index contributed by atoms with van der Waals surface area (Å²) in [6.07, 6.45) is 1.55. The van der Waals surface area contributed by atoms with Crippen molar-refractivity contribution >= 4 is 0 Å². The highest BCUT2D eigenvalue weighted by atomic mass is 19.4. The Labute approximate surface area is 161 Å². The second-order valence-electron chi connectivity index (χ2n) is 6.57. The number of benzene rings is 1. The van der Waals surface area contributed by atoms with E-state index in [1.54, 1.807) is 0 Å². The van der Waals surface area contributed by atoms with Crippen molar-refractivity contribution in [2.75, 3.05) is 13.2 Å². The van der Waals surface area contributed by atoms with Gasteiger partial charge in [-0.2, -0.15) is 18.2 Å². The average molecular weight is 401 g/mol. The van der Waals surface area contributed by atoms with E-state index < -0.39 is 24.4 Å². The molecule has 2 aromatic rings. The molecule has 1 atom stereocenters. The number of aromatic nitrogens is 2. The fourth-order valence-electron chi connectivity index (χ4n) is 2.66. The summed E-state index contributed by atoms with van der Waals surface area (Å²) in [5, 5.41) is 12.6. The number of aliphatic hydroxyl groups is 1. The number of ether oxygens (including phenoxy) is 1. The third-order valence-corrected chi connectivity index (χ3v) is 4.25. The van der Waals surface area contributed by atoms with Crippen molar-refractivity contribution in [1.29, 1.82) is 0 Å². The molecule has 9 heteroatoms. The lowest BCUT2D eigenvalue weighted by Crippen LogP contribution is -2.14. The normalized spacial score (nSPS) is 12.9. The predicted molar refractivity (Wildman–Crippen MR) is 97.6 cm³/mol. The average Bonchev–Trinajstić information content (AvgIpc) is 3.16. The van der Waals surface area contributed by atoms with Gasteiger partial charge in [-0.1, -0.05) is 44.2 Å². The van der Waals surface area contributed by atoms with Crippen LogP contribution in [0.3, 0.4) is 0 Å². The van der Waals surface area contributed by atoms with Crippen LogP contribution < -0.4 is 10.5 Å². The lowest BCUT2D eigenvalue weighted by Gasteiger charge is -2.14. The number of hydrogen-bond donors (Lipinski definition) is 2. The monoisotopic (exact) mass is 401 g/mol. The van der Waals surface area contributed by atoms with Gasteiger partial charge in [0.25, 0.3) is 0 Å². The number of hydrogen-bond acceptors (Lipinski definition) is 6. The van der Waals surface area contributed by atoms with Gasteiger partial charge in [-0.15, -0.1) is 0 Å². The molecule has 2 rings (SSSR count).